The van der Waals surface area contributed by atoms with Gasteiger partial charge in [0.25, 0.3) is 5.92 Å². The van der Waals surface area contributed by atoms with Crippen molar-refractivity contribution in [2.45, 2.75) is 25.2 Å². The van der Waals surface area contributed by atoms with E-state index in [-0.39, 0.29) is 18.7 Å². The number of piperidine rings is 1. The van der Waals surface area contributed by atoms with Crippen LogP contribution >= 0.6 is 0 Å². The van der Waals surface area contributed by atoms with Gasteiger partial charge in [-0.15, -0.1) is 0 Å². The average Bonchev–Trinajstić information content (AvgIpc) is 2.53. The minimum absolute atomic E-state index is 0.0531. The van der Waals surface area contributed by atoms with E-state index in [1.807, 2.05) is 9.80 Å². The minimum Gasteiger partial charge on any atom is -0.340 e. The summed E-state index contributed by atoms with van der Waals surface area (Å²) in [6.45, 7) is 4.29. The van der Waals surface area contributed by atoms with E-state index >= 15 is 0 Å². The third-order valence-corrected chi connectivity index (χ3v) is 3.68. The summed E-state index contributed by atoms with van der Waals surface area (Å²) in [5.41, 5.74) is 0. The Bertz CT molecular complexity index is 289. The molecule has 2 aliphatic rings. The summed E-state index contributed by atoms with van der Waals surface area (Å²) in [4.78, 5) is 15.6. The van der Waals surface area contributed by atoms with Gasteiger partial charge < -0.3 is 15.1 Å². The number of rotatable bonds is 3. The van der Waals surface area contributed by atoms with Gasteiger partial charge in [-0.05, 0) is 13.0 Å². The molecule has 0 aromatic carbocycles. The molecule has 0 unspecified atom stereocenters. The maximum Gasteiger partial charge on any atom is 0.250 e. The largest absolute Gasteiger partial charge is 0.340 e. The number of nitrogens with one attached hydrogen (secondary N) is 1. The van der Waals surface area contributed by atoms with Crippen LogP contribution in [0.1, 0.15) is 19.3 Å². The van der Waals surface area contributed by atoms with Crippen LogP contribution in [0.15, 0.2) is 0 Å². The molecule has 6 heteroatoms. The first-order valence-electron chi connectivity index (χ1n) is 6.65. The number of nitrogens with zero attached hydrogens (tertiary/aromatic N) is 2. The summed E-state index contributed by atoms with van der Waals surface area (Å²) >= 11 is 0. The number of hydrogen-bond acceptors (Lipinski definition) is 3. The molecule has 2 heterocycles. The first kappa shape index (κ1) is 13.7. The lowest BCUT2D eigenvalue weighted by Gasteiger charge is -2.33. The van der Waals surface area contributed by atoms with E-state index in [1.165, 1.54) is 0 Å². The lowest BCUT2D eigenvalue weighted by Crippen LogP contribution is -2.45. The molecule has 0 saturated carbocycles. The summed E-state index contributed by atoms with van der Waals surface area (Å²) in [6, 6.07) is 0. The number of likely N-dealkylation sites (tertiary alicyclic amines) is 1. The van der Waals surface area contributed by atoms with Crippen molar-refractivity contribution in [3.8, 4) is 0 Å². The van der Waals surface area contributed by atoms with Gasteiger partial charge in [0.2, 0.25) is 5.91 Å². The van der Waals surface area contributed by atoms with E-state index in [1.54, 1.807) is 0 Å². The molecule has 2 fully saturated rings. The van der Waals surface area contributed by atoms with Crippen LogP contribution in [0.25, 0.3) is 0 Å². The van der Waals surface area contributed by atoms with Crippen molar-refractivity contribution < 1.29 is 13.6 Å². The van der Waals surface area contributed by atoms with E-state index in [2.05, 4.69) is 5.32 Å². The van der Waals surface area contributed by atoms with Crippen LogP contribution in [-0.2, 0) is 4.79 Å². The van der Waals surface area contributed by atoms with Crippen LogP contribution in [0, 0.1) is 0 Å². The second-order valence-corrected chi connectivity index (χ2v) is 5.11. The molecule has 0 spiro atoms. The highest BCUT2D eigenvalue weighted by Crippen LogP contribution is 2.27. The molecule has 2 saturated heterocycles. The van der Waals surface area contributed by atoms with Crippen molar-refractivity contribution >= 4 is 5.91 Å². The molecule has 104 valence electrons. The maximum atomic E-state index is 13.0. The van der Waals surface area contributed by atoms with Crippen LogP contribution in [0.3, 0.4) is 0 Å². The molecule has 0 bridgehead atoms. The van der Waals surface area contributed by atoms with Crippen molar-refractivity contribution in [1.29, 1.82) is 0 Å². The Kier molecular flexibility index (Phi) is 4.50. The normalized spacial score (nSPS) is 26.1. The molecule has 0 radical (unpaired) electrons. The lowest BCUT2D eigenvalue weighted by molar-refractivity contribution is -0.130. The van der Waals surface area contributed by atoms with Gasteiger partial charge in [0.05, 0.1) is 6.54 Å². The second-order valence-electron chi connectivity index (χ2n) is 5.11. The molecule has 1 amide bonds. The maximum absolute atomic E-state index is 13.0. The first-order valence-corrected chi connectivity index (χ1v) is 6.65. The monoisotopic (exact) mass is 261 g/mol. The summed E-state index contributed by atoms with van der Waals surface area (Å²) in [7, 11) is 0. The molecule has 0 aliphatic carbocycles. The predicted octanol–water partition coefficient (Wildman–Crippen LogP) is 0.539. The molecule has 18 heavy (non-hydrogen) atoms. The van der Waals surface area contributed by atoms with Gasteiger partial charge in [-0.1, -0.05) is 0 Å². The van der Waals surface area contributed by atoms with E-state index in [9.17, 15) is 13.6 Å². The lowest BCUT2D eigenvalue weighted by atomic mass is 10.1. The highest BCUT2D eigenvalue weighted by atomic mass is 19.3. The van der Waals surface area contributed by atoms with Crippen molar-refractivity contribution in [1.82, 2.24) is 15.1 Å². The Morgan fingerprint density at radius 1 is 1.17 bits per heavy atom. The van der Waals surface area contributed by atoms with Gasteiger partial charge in [0.1, 0.15) is 0 Å². The van der Waals surface area contributed by atoms with Crippen molar-refractivity contribution in [3.63, 3.8) is 0 Å². The number of halogens is 2. The molecule has 0 atom stereocenters. The van der Waals surface area contributed by atoms with Crippen LogP contribution in [0.2, 0.25) is 0 Å². The summed E-state index contributed by atoms with van der Waals surface area (Å²) in [5.74, 6) is -2.37. The van der Waals surface area contributed by atoms with E-state index in [4.69, 9.17) is 0 Å². The van der Waals surface area contributed by atoms with Crippen molar-refractivity contribution in [3.05, 3.63) is 0 Å². The average molecular weight is 261 g/mol. The van der Waals surface area contributed by atoms with Crippen molar-refractivity contribution in [2.24, 2.45) is 0 Å². The fraction of sp³-hybridized carbons (Fsp3) is 0.917. The van der Waals surface area contributed by atoms with E-state index < -0.39 is 5.92 Å². The number of alkyl halides is 2. The first-order chi connectivity index (χ1) is 8.57. The zero-order valence-electron chi connectivity index (χ0n) is 10.6. The fourth-order valence-corrected chi connectivity index (χ4v) is 2.43. The SMILES string of the molecule is O=C1CNCCCN1CCN1CCC(F)(F)CC1. The number of amides is 1. The smallest absolute Gasteiger partial charge is 0.250 e. The Morgan fingerprint density at radius 2 is 1.89 bits per heavy atom. The molecular weight excluding hydrogens is 240 g/mol. The summed E-state index contributed by atoms with van der Waals surface area (Å²) in [5, 5.41) is 3.07. The molecular formula is C12H21F2N3O. The quantitative estimate of drug-likeness (QED) is 0.805. The number of carbonyl (C=O) groups is 1. The number of carbonyl (C=O) groups excluding carboxylic acids is 1. The molecule has 4 nitrogen and oxygen atoms in total. The van der Waals surface area contributed by atoms with Crippen LogP contribution < -0.4 is 5.32 Å². The standard InChI is InChI=1S/C12H21F2N3O/c13-12(14)2-6-16(7-3-12)8-9-17-5-1-4-15-10-11(17)18/h15H,1-10H2. The fourth-order valence-electron chi connectivity index (χ4n) is 2.43. The van der Waals surface area contributed by atoms with Gasteiger partial charge >= 0.3 is 0 Å². The molecule has 0 aromatic heterocycles. The van der Waals surface area contributed by atoms with Gasteiger partial charge in [-0.25, -0.2) is 8.78 Å². The zero-order chi connectivity index (χ0) is 13.0. The van der Waals surface area contributed by atoms with E-state index in [0.717, 1.165) is 19.5 Å². The van der Waals surface area contributed by atoms with E-state index in [0.29, 0.717) is 32.7 Å². The van der Waals surface area contributed by atoms with Crippen LogP contribution in [0.4, 0.5) is 8.78 Å². The summed E-state index contributed by atoms with van der Waals surface area (Å²) < 4.78 is 26.0. The Labute approximate surface area is 106 Å². The molecule has 1 N–H and O–H groups in total. The van der Waals surface area contributed by atoms with Gasteiger partial charge in [-0.3, -0.25) is 4.79 Å². The third kappa shape index (κ3) is 3.88. The van der Waals surface area contributed by atoms with Crippen LogP contribution in [-0.4, -0.2) is 67.4 Å². The Hall–Kier alpha value is -0.750. The second kappa shape index (κ2) is 5.93. The van der Waals surface area contributed by atoms with Gasteiger partial charge in [0, 0.05) is 45.6 Å². The third-order valence-electron chi connectivity index (χ3n) is 3.68. The predicted molar refractivity (Wildman–Crippen MR) is 64.7 cm³/mol. The highest BCUT2D eigenvalue weighted by Gasteiger charge is 2.33. The summed E-state index contributed by atoms with van der Waals surface area (Å²) in [6.07, 6.45) is 0.856. The van der Waals surface area contributed by atoms with Gasteiger partial charge in [0.15, 0.2) is 0 Å². The molecule has 0 aromatic rings. The number of hydrogen-bond donors (Lipinski definition) is 1. The Morgan fingerprint density at radius 3 is 2.61 bits per heavy atom. The zero-order valence-corrected chi connectivity index (χ0v) is 10.6. The van der Waals surface area contributed by atoms with Crippen molar-refractivity contribution in [2.75, 3.05) is 45.8 Å². The Balaban J connectivity index is 1.72. The molecule has 2 aliphatic heterocycles. The highest BCUT2D eigenvalue weighted by molar-refractivity contribution is 5.78. The minimum atomic E-state index is -2.49. The van der Waals surface area contributed by atoms with Gasteiger partial charge in [-0.2, -0.15) is 0 Å². The molecule has 2 rings (SSSR count). The topological polar surface area (TPSA) is 35.6 Å². The van der Waals surface area contributed by atoms with Crippen LogP contribution in [0.5, 0.6) is 0 Å².